The first-order valence-electron chi connectivity index (χ1n) is 7.94. The molecule has 2 N–H and O–H groups in total. The predicted octanol–water partition coefficient (Wildman–Crippen LogP) is 3.50. The van der Waals surface area contributed by atoms with Crippen molar-refractivity contribution in [1.82, 2.24) is 4.57 Å². The van der Waals surface area contributed by atoms with Gasteiger partial charge in [-0.2, -0.15) is 0 Å². The predicted molar refractivity (Wildman–Crippen MR) is 91.8 cm³/mol. The van der Waals surface area contributed by atoms with Gasteiger partial charge in [-0.15, -0.1) is 4.91 Å². The number of hydrogen-bond donors (Lipinski definition) is 2. The van der Waals surface area contributed by atoms with Crippen molar-refractivity contribution in [2.45, 2.75) is 13.2 Å². The molecule has 0 saturated carbocycles. The van der Waals surface area contributed by atoms with Crippen LogP contribution in [-0.4, -0.2) is 27.5 Å². The van der Waals surface area contributed by atoms with Gasteiger partial charge >= 0.3 is 5.97 Å². The van der Waals surface area contributed by atoms with Crippen LogP contribution < -0.4 is 4.74 Å². The summed E-state index contributed by atoms with van der Waals surface area (Å²) in [5.41, 5.74) is 0.678. The van der Waals surface area contributed by atoms with Crippen LogP contribution in [0, 0.1) is 10.7 Å². The van der Waals surface area contributed by atoms with E-state index in [0.717, 1.165) is 0 Å². The fourth-order valence-corrected chi connectivity index (χ4v) is 3.34. The first-order chi connectivity index (χ1) is 13.0. The highest BCUT2D eigenvalue weighted by Gasteiger charge is 2.25. The van der Waals surface area contributed by atoms with Gasteiger partial charge in [0, 0.05) is 16.5 Å². The summed E-state index contributed by atoms with van der Waals surface area (Å²) in [6, 6.07) is 6.90. The summed E-state index contributed by atoms with van der Waals surface area (Å²) in [4.78, 5) is 22.7. The average Bonchev–Trinajstić information content (AvgIpc) is 2.92. The lowest BCUT2D eigenvalue weighted by Gasteiger charge is -2.21. The Hall–Kier alpha value is -3.46. The molecule has 3 aromatic rings. The van der Waals surface area contributed by atoms with Crippen molar-refractivity contribution in [2.75, 3.05) is 6.79 Å². The highest BCUT2D eigenvalue weighted by Crippen LogP contribution is 2.42. The lowest BCUT2D eigenvalue weighted by atomic mass is 10.1. The highest BCUT2D eigenvalue weighted by atomic mass is 19.1. The van der Waals surface area contributed by atoms with Gasteiger partial charge < -0.3 is 24.3 Å². The molecule has 4 rings (SSSR count). The smallest absolute Gasteiger partial charge is 0.336 e. The van der Waals surface area contributed by atoms with Gasteiger partial charge in [0.2, 0.25) is 5.88 Å². The number of ether oxygens (including phenoxy) is 2. The molecule has 0 spiro atoms. The summed E-state index contributed by atoms with van der Waals surface area (Å²) < 4.78 is 25.9. The van der Waals surface area contributed by atoms with Gasteiger partial charge in [0.1, 0.15) is 11.6 Å². The largest absolute Gasteiger partial charge is 0.493 e. The molecule has 2 aromatic carbocycles. The average molecular weight is 372 g/mol. The first kappa shape index (κ1) is 17.0. The van der Waals surface area contributed by atoms with Crippen LogP contribution >= 0.6 is 0 Å². The molecule has 1 aliphatic heterocycles. The van der Waals surface area contributed by atoms with Crippen molar-refractivity contribution in [3.05, 3.63) is 57.7 Å². The fraction of sp³-hybridized carbons (Fsp3) is 0.167. The second-order valence-corrected chi connectivity index (χ2v) is 6.02. The number of nitroso groups, excluding NO2 is 1. The van der Waals surface area contributed by atoms with Crippen LogP contribution in [0.4, 0.5) is 10.1 Å². The number of carboxylic acid groups (broad SMARTS) is 1. The summed E-state index contributed by atoms with van der Waals surface area (Å²) in [5, 5.41) is 22.7. The summed E-state index contributed by atoms with van der Waals surface area (Å²) in [6.45, 7) is 0.137. The molecule has 138 valence electrons. The van der Waals surface area contributed by atoms with E-state index in [0.29, 0.717) is 16.9 Å². The van der Waals surface area contributed by atoms with Crippen LogP contribution in [0.1, 0.15) is 21.5 Å². The lowest BCUT2D eigenvalue weighted by Crippen LogP contribution is -2.14. The third kappa shape index (κ3) is 2.68. The van der Waals surface area contributed by atoms with Crippen molar-refractivity contribution < 1.29 is 28.9 Å². The fourth-order valence-electron chi connectivity index (χ4n) is 3.34. The van der Waals surface area contributed by atoms with E-state index in [9.17, 15) is 24.3 Å². The molecule has 0 saturated heterocycles. The first-order valence-corrected chi connectivity index (χ1v) is 7.94. The van der Waals surface area contributed by atoms with Crippen molar-refractivity contribution in [3.8, 4) is 11.6 Å². The molecular formula is C18H13FN2O6. The number of aromatic nitrogens is 1. The van der Waals surface area contributed by atoms with Gasteiger partial charge in [0.25, 0.3) is 0 Å². The molecular weight excluding hydrogens is 359 g/mol. The second kappa shape index (κ2) is 6.36. The molecule has 9 heteroatoms. The Labute approximate surface area is 151 Å². The van der Waals surface area contributed by atoms with Gasteiger partial charge in [-0.05, 0) is 29.4 Å². The van der Waals surface area contributed by atoms with Crippen molar-refractivity contribution in [3.63, 3.8) is 0 Å². The van der Waals surface area contributed by atoms with Gasteiger partial charge in [-0.3, -0.25) is 0 Å². The van der Waals surface area contributed by atoms with Gasteiger partial charge in [-0.1, -0.05) is 6.07 Å². The molecule has 1 aliphatic rings. The molecule has 0 bridgehead atoms. The Morgan fingerprint density at radius 3 is 2.89 bits per heavy atom. The minimum atomic E-state index is -1.26. The summed E-state index contributed by atoms with van der Waals surface area (Å²) in [7, 11) is 0. The van der Waals surface area contributed by atoms with Crippen molar-refractivity contribution >= 4 is 22.6 Å². The van der Waals surface area contributed by atoms with E-state index in [1.807, 2.05) is 0 Å². The Morgan fingerprint density at radius 2 is 2.15 bits per heavy atom. The molecule has 0 aliphatic carbocycles. The van der Waals surface area contributed by atoms with E-state index in [2.05, 4.69) is 5.18 Å². The second-order valence-electron chi connectivity index (χ2n) is 6.02. The van der Waals surface area contributed by atoms with Gasteiger partial charge in [0.15, 0.2) is 12.5 Å². The van der Waals surface area contributed by atoms with Crippen LogP contribution in [-0.2, 0) is 17.9 Å². The minimum absolute atomic E-state index is 0.00828. The van der Waals surface area contributed by atoms with E-state index in [1.54, 1.807) is 6.07 Å². The zero-order chi connectivity index (χ0) is 19.1. The number of aromatic hydroxyl groups is 1. The topological polar surface area (TPSA) is 110 Å². The minimum Gasteiger partial charge on any atom is -0.493 e. The van der Waals surface area contributed by atoms with Gasteiger partial charge in [0.05, 0.1) is 24.2 Å². The summed E-state index contributed by atoms with van der Waals surface area (Å²) >= 11 is 0. The monoisotopic (exact) mass is 372 g/mol. The van der Waals surface area contributed by atoms with Crippen LogP contribution in [0.5, 0.6) is 11.6 Å². The molecule has 1 aromatic heterocycles. The Morgan fingerprint density at radius 1 is 1.33 bits per heavy atom. The third-order valence-electron chi connectivity index (χ3n) is 4.44. The zero-order valence-corrected chi connectivity index (χ0v) is 13.8. The van der Waals surface area contributed by atoms with Crippen molar-refractivity contribution in [1.29, 1.82) is 0 Å². The normalized spacial score (nSPS) is 13.2. The summed E-state index contributed by atoms with van der Waals surface area (Å²) in [6.07, 6.45) is 0. The number of hydrogen-bond acceptors (Lipinski definition) is 6. The van der Waals surface area contributed by atoms with E-state index in [4.69, 9.17) is 9.47 Å². The standard InChI is InChI=1S/C18H13FN2O6/c19-11-4-9(16-10(5-11)7-26-8-27-16)6-21-13-3-1-2-12(18(23)24)14(13)15(20-25)17(21)22/h1-5,22H,6-8H2,(H,23,24). The van der Waals surface area contributed by atoms with Crippen LogP contribution in [0.2, 0.25) is 0 Å². The number of benzene rings is 2. The highest BCUT2D eigenvalue weighted by molar-refractivity contribution is 6.09. The SMILES string of the molecule is O=Nc1c(O)n(Cc2cc(F)cc3c2OCOC3)c2cccc(C(=O)O)c12. The third-order valence-corrected chi connectivity index (χ3v) is 4.44. The maximum Gasteiger partial charge on any atom is 0.336 e. The molecule has 0 fully saturated rings. The molecule has 0 atom stereocenters. The van der Waals surface area contributed by atoms with E-state index in [1.165, 1.54) is 28.8 Å². The Kier molecular flexibility index (Phi) is 4.00. The molecule has 0 amide bonds. The van der Waals surface area contributed by atoms with E-state index < -0.39 is 17.7 Å². The number of carbonyl (C=O) groups is 1. The molecule has 8 nitrogen and oxygen atoms in total. The number of rotatable bonds is 4. The van der Waals surface area contributed by atoms with Gasteiger partial charge in [-0.25, -0.2) is 9.18 Å². The summed E-state index contributed by atoms with van der Waals surface area (Å²) in [5.74, 6) is -1.84. The van der Waals surface area contributed by atoms with Crippen LogP contribution in [0.3, 0.4) is 0 Å². The number of nitrogens with zero attached hydrogens (tertiary/aromatic N) is 2. The van der Waals surface area contributed by atoms with Crippen LogP contribution in [0.25, 0.3) is 10.9 Å². The lowest BCUT2D eigenvalue weighted by molar-refractivity contribution is -0.0173. The number of aromatic carboxylic acids is 1. The number of fused-ring (bicyclic) bond motifs is 2. The maximum absolute atomic E-state index is 14.0. The number of carboxylic acids is 1. The molecule has 27 heavy (non-hydrogen) atoms. The van der Waals surface area contributed by atoms with E-state index in [-0.39, 0.29) is 42.1 Å². The molecule has 0 radical (unpaired) electrons. The molecule has 2 heterocycles. The Balaban J connectivity index is 1.93. The Bertz CT molecular complexity index is 1090. The van der Waals surface area contributed by atoms with Crippen molar-refractivity contribution in [2.24, 2.45) is 5.18 Å². The molecule has 0 unspecified atom stereocenters. The zero-order valence-electron chi connectivity index (χ0n) is 13.8. The van der Waals surface area contributed by atoms with Crippen LogP contribution in [0.15, 0.2) is 35.5 Å². The maximum atomic E-state index is 14.0. The number of halogens is 1. The van der Waals surface area contributed by atoms with E-state index >= 15 is 0 Å². The quantitative estimate of drug-likeness (QED) is 0.678.